The van der Waals surface area contributed by atoms with Gasteiger partial charge in [-0.3, -0.25) is 9.59 Å². The lowest BCUT2D eigenvalue weighted by molar-refractivity contribution is -0.131. The van der Waals surface area contributed by atoms with Crippen LogP contribution in [0.5, 0.6) is 0 Å². The molecule has 0 spiro atoms. The zero-order valence-electron chi connectivity index (χ0n) is 12.8. The van der Waals surface area contributed by atoms with E-state index >= 15 is 0 Å². The Morgan fingerprint density at radius 3 is 2.32 bits per heavy atom. The standard InChI is InChI=1S/C18H19NO3/c1-19(14-10-15(20)16(21)11-17(14)22-2)18(13-8-9-13)12-6-4-3-5-7-12/h3-7,10-11,13,18H,8-9H2,1-2H3. The molecule has 114 valence electrons. The van der Waals surface area contributed by atoms with E-state index in [4.69, 9.17) is 4.74 Å². The minimum absolute atomic E-state index is 0.187. The smallest absolute Gasteiger partial charge is 0.229 e. The van der Waals surface area contributed by atoms with Crippen LogP contribution in [0.3, 0.4) is 0 Å². The first-order chi connectivity index (χ1) is 10.6. The van der Waals surface area contributed by atoms with Crippen LogP contribution in [0, 0.1) is 5.92 Å². The van der Waals surface area contributed by atoms with Gasteiger partial charge in [-0.15, -0.1) is 0 Å². The van der Waals surface area contributed by atoms with E-state index in [1.807, 2.05) is 25.2 Å². The van der Waals surface area contributed by atoms with Gasteiger partial charge in [-0.1, -0.05) is 30.3 Å². The molecule has 2 aliphatic carbocycles. The topological polar surface area (TPSA) is 46.6 Å². The molecule has 0 radical (unpaired) electrons. The number of ether oxygens (including phenoxy) is 1. The third kappa shape index (κ3) is 2.69. The number of nitrogens with zero attached hydrogens (tertiary/aromatic N) is 1. The number of methoxy groups -OCH3 is 1. The minimum Gasteiger partial charge on any atom is -0.494 e. The average Bonchev–Trinajstić information content (AvgIpc) is 3.35. The largest absolute Gasteiger partial charge is 0.494 e. The fraction of sp³-hybridized carbons (Fsp3) is 0.333. The second-order valence-electron chi connectivity index (χ2n) is 5.77. The second kappa shape index (κ2) is 5.79. The van der Waals surface area contributed by atoms with E-state index in [0.29, 0.717) is 17.4 Å². The summed E-state index contributed by atoms with van der Waals surface area (Å²) in [6, 6.07) is 10.4. The van der Waals surface area contributed by atoms with E-state index in [-0.39, 0.29) is 6.04 Å². The summed E-state index contributed by atoms with van der Waals surface area (Å²) >= 11 is 0. The van der Waals surface area contributed by atoms with Crippen LogP contribution in [0.2, 0.25) is 0 Å². The Bertz CT molecular complexity index is 656. The molecule has 4 heteroatoms. The number of carbonyl (C=O) groups excluding carboxylic acids is 2. The lowest BCUT2D eigenvalue weighted by Crippen LogP contribution is -2.30. The van der Waals surface area contributed by atoms with Crippen LogP contribution < -0.4 is 0 Å². The molecule has 0 bridgehead atoms. The SMILES string of the molecule is COC1=CC(=O)C(=O)C=C1N(C)C(c1ccccc1)C1CC1. The van der Waals surface area contributed by atoms with Crippen molar-refractivity contribution >= 4 is 11.6 Å². The molecule has 1 fully saturated rings. The summed E-state index contributed by atoms with van der Waals surface area (Å²) in [5.74, 6) is -0.00485. The molecule has 3 rings (SSSR count). The molecule has 1 unspecified atom stereocenters. The highest BCUT2D eigenvalue weighted by atomic mass is 16.5. The molecule has 22 heavy (non-hydrogen) atoms. The van der Waals surface area contributed by atoms with Gasteiger partial charge >= 0.3 is 0 Å². The maximum absolute atomic E-state index is 11.8. The lowest BCUT2D eigenvalue weighted by atomic mass is 9.98. The van der Waals surface area contributed by atoms with Gasteiger partial charge < -0.3 is 9.64 Å². The molecule has 0 N–H and O–H groups in total. The molecule has 0 aliphatic heterocycles. The van der Waals surface area contributed by atoms with Gasteiger partial charge in [0, 0.05) is 19.2 Å². The van der Waals surface area contributed by atoms with Gasteiger partial charge in [0.2, 0.25) is 11.6 Å². The van der Waals surface area contributed by atoms with E-state index in [9.17, 15) is 9.59 Å². The van der Waals surface area contributed by atoms with Gasteiger partial charge in [-0.25, -0.2) is 0 Å². The molecular weight excluding hydrogens is 278 g/mol. The first kappa shape index (κ1) is 14.6. The van der Waals surface area contributed by atoms with Crippen LogP contribution in [-0.2, 0) is 14.3 Å². The Morgan fingerprint density at radius 1 is 1.09 bits per heavy atom. The summed E-state index contributed by atoms with van der Waals surface area (Å²) in [4.78, 5) is 25.4. The van der Waals surface area contributed by atoms with Crippen molar-refractivity contribution in [3.63, 3.8) is 0 Å². The highest BCUT2D eigenvalue weighted by Crippen LogP contribution is 2.46. The van der Waals surface area contributed by atoms with Crippen LogP contribution in [0.25, 0.3) is 0 Å². The van der Waals surface area contributed by atoms with Crippen LogP contribution in [0.15, 0.2) is 53.9 Å². The number of hydrogen-bond donors (Lipinski definition) is 0. The van der Waals surface area contributed by atoms with E-state index in [1.165, 1.54) is 37.7 Å². The minimum atomic E-state index is -0.531. The van der Waals surface area contributed by atoms with Crippen molar-refractivity contribution in [2.24, 2.45) is 5.92 Å². The summed E-state index contributed by atoms with van der Waals surface area (Å²) in [6.07, 6.45) is 5.02. The van der Waals surface area contributed by atoms with Crippen molar-refractivity contribution in [1.82, 2.24) is 4.90 Å². The van der Waals surface area contributed by atoms with Crippen LogP contribution >= 0.6 is 0 Å². The molecule has 1 saturated carbocycles. The number of ketones is 2. The van der Waals surface area contributed by atoms with Gasteiger partial charge in [0.1, 0.15) is 5.76 Å². The maximum Gasteiger partial charge on any atom is 0.229 e. The third-order valence-corrected chi connectivity index (χ3v) is 4.25. The first-order valence-corrected chi connectivity index (χ1v) is 7.45. The Hall–Kier alpha value is -2.36. The molecule has 2 aliphatic rings. The molecule has 0 amide bonds. The highest BCUT2D eigenvalue weighted by molar-refractivity contribution is 6.46. The fourth-order valence-electron chi connectivity index (χ4n) is 2.99. The molecular formula is C18H19NO3. The van der Waals surface area contributed by atoms with E-state index in [2.05, 4.69) is 17.0 Å². The maximum atomic E-state index is 11.8. The number of likely N-dealkylation sites (N-methyl/N-ethyl adjacent to an activating group) is 1. The molecule has 1 atom stereocenters. The van der Waals surface area contributed by atoms with Gasteiger partial charge in [0.25, 0.3) is 0 Å². The molecule has 0 aromatic heterocycles. The van der Waals surface area contributed by atoms with Crippen molar-refractivity contribution < 1.29 is 14.3 Å². The molecule has 0 heterocycles. The van der Waals surface area contributed by atoms with Crippen molar-refractivity contribution in [2.75, 3.05) is 14.2 Å². The van der Waals surface area contributed by atoms with Crippen LogP contribution in [-0.4, -0.2) is 30.6 Å². The predicted octanol–water partition coefficient (Wildman–Crippen LogP) is 2.64. The van der Waals surface area contributed by atoms with Crippen molar-refractivity contribution in [3.8, 4) is 0 Å². The highest BCUT2D eigenvalue weighted by Gasteiger charge is 2.37. The van der Waals surface area contributed by atoms with Crippen LogP contribution in [0.1, 0.15) is 24.4 Å². The summed E-state index contributed by atoms with van der Waals surface area (Å²) in [5, 5.41) is 0. The summed E-state index contributed by atoms with van der Waals surface area (Å²) in [5.41, 5.74) is 1.89. The van der Waals surface area contributed by atoms with Gasteiger partial charge in [-0.05, 0) is 24.3 Å². The number of benzene rings is 1. The third-order valence-electron chi connectivity index (χ3n) is 4.25. The zero-order chi connectivity index (χ0) is 15.7. The van der Waals surface area contributed by atoms with E-state index in [0.717, 1.165) is 0 Å². The Morgan fingerprint density at radius 2 is 1.73 bits per heavy atom. The van der Waals surface area contributed by atoms with Gasteiger partial charge in [0.05, 0.1) is 18.8 Å². The summed E-state index contributed by atoms with van der Waals surface area (Å²) < 4.78 is 5.31. The van der Waals surface area contributed by atoms with Crippen LogP contribution in [0.4, 0.5) is 0 Å². The fourth-order valence-corrected chi connectivity index (χ4v) is 2.99. The molecule has 1 aromatic rings. The van der Waals surface area contributed by atoms with E-state index in [1.54, 1.807) is 0 Å². The number of carbonyl (C=O) groups is 2. The van der Waals surface area contributed by atoms with Crippen molar-refractivity contribution in [3.05, 3.63) is 59.5 Å². The second-order valence-corrected chi connectivity index (χ2v) is 5.77. The lowest BCUT2D eigenvalue weighted by Gasteiger charge is -2.33. The summed E-state index contributed by atoms with van der Waals surface area (Å²) in [7, 11) is 3.48. The normalized spacial score (nSPS) is 19.4. The van der Waals surface area contributed by atoms with E-state index < -0.39 is 11.6 Å². The summed E-state index contributed by atoms with van der Waals surface area (Å²) in [6.45, 7) is 0. The Balaban J connectivity index is 1.95. The van der Waals surface area contributed by atoms with Crippen molar-refractivity contribution in [2.45, 2.75) is 18.9 Å². The first-order valence-electron chi connectivity index (χ1n) is 7.45. The predicted molar refractivity (Wildman–Crippen MR) is 82.9 cm³/mol. The quantitative estimate of drug-likeness (QED) is 0.619. The monoisotopic (exact) mass is 297 g/mol. The van der Waals surface area contributed by atoms with Gasteiger partial charge in [-0.2, -0.15) is 0 Å². The van der Waals surface area contributed by atoms with Crippen molar-refractivity contribution in [1.29, 1.82) is 0 Å². The Labute approximate surface area is 130 Å². The molecule has 0 saturated heterocycles. The zero-order valence-corrected chi connectivity index (χ0v) is 12.8. The molecule has 1 aromatic carbocycles. The average molecular weight is 297 g/mol. The molecule has 4 nitrogen and oxygen atoms in total. The number of allylic oxidation sites excluding steroid dienone is 2. The number of hydrogen-bond acceptors (Lipinski definition) is 4. The Kier molecular flexibility index (Phi) is 3.84. The number of rotatable bonds is 5. The van der Waals surface area contributed by atoms with Gasteiger partial charge in [0.15, 0.2) is 0 Å².